The molecule has 0 aliphatic heterocycles. The molecule has 2 nitrogen and oxygen atoms in total. The van der Waals surface area contributed by atoms with E-state index in [0.717, 1.165) is 18.5 Å². The Labute approximate surface area is 113 Å². The Kier molecular flexibility index (Phi) is 3.10. The van der Waals surface area contributed by atoms with Gasteiger partial charge >= 0.3 is 0 Å². The minimum Gasteiger partial charge on any atom is -0.289 e. The average molecular weight is 251 g/mol. The van der Waals surface area contributed by atoms with Gasteiger partial charge in [-0.05, 0) is 47.2 Å². The molecule has 19 heavy (non-hydrogen) atoms. The van der Waals surface area contributed by atoms with E-state index in [0.29, 0.717) is 0 Å². The molecule has 2 aromatic carbocycles. The van der Waals surface area contributed by atoms with Crippen molar-refractivity contribution in [2.24, 2.45) is 0 Å². The van der Waals surface area contributed by atoms with Gasteiger partial charge in [-0.1, -0.05) is 42.5 Å². The zero-order chi connectivity index (χ0) is 13.2. The lowest BCUT2D eigenvalue weighted by molar-refractivity contribution is -0.0304. The Morgan fingerprint density at radius 1 is 0.947 bits per heavy atom. The summed E-state index contributed by atoms with van der Waals surface area (Å²) in [5.41, 5.74) is 5.98. The van der Waals surface area contributed by atoms with Crippen molar-refractivity contribution in [1.29, 1.82) is 0 Å². The summed E-state index contributed by atoms with van der Waals surface area (Å²) >= 11 is 0. The number of hydrogen-bond acceptors (Lipinski definition) is 2. The lowest BCUT2D eigenvalue weighted by Crippen LogP contribution is -2.15. The Bertz CT molecular complexity index is 614. The van der Waals surface area contributed by atoms with Gasteiger partial charge in [0.15, 0.2) is 0 Å². The maximum atomic E-state index is 9.55. The van der Waals surface area contributed by atoms with E-state index in [1.54, 1.807) is 7.05 Å². The lowest BCUT2D eigenvalue weighted by Gasteiger charge is -2.21. The van der Waals surface area contributed by atoms with Crippen molar-refractivity contribution < 1.29 is 5.21 Å². The van der Waals surface area contributed by atoms with Gasteiger partial charge in [-0.15, -0.1) is 0 Å². The largest absolute Gasteiger partial charge is 0.289 e. The minimum absolute atomic E-state index is 0.894. The average Bonchev–Trinajstić information content (AvgIpc) is 2.47. The van der Waals surface area contributed by atoms with Crippen molar-refractivity contribution >= 4 is 6.08 Å². The van der Waals surface area contributed by atoms with Gasteiger partial charge in [0, 0.05) is 12.7 Å². The zero-order valence-electron chi connectivity index (χ0n) is 11.0. The summed E-state index contributed by atoms with van der Waals surface area (Å²) in [5.74, 6) is 0. The molecule has 0 saturated heterocycles. The molecule has 0 spiro atoms. The fourth-order valence-corrected chi connectivity index (χ4v) is 2.54. The molecule has 1 N–H and O–H groups in total. The number of nitrogens with zero attached hydrogens (tertiary/aromatic N) is 1. The molecule has 0 heterocycles. The highest BCUT2D eigenvalue weighted by atomic mass is 16.5. The SMILES string of the molecule is CN(O)C1=Cc2cc(-c3ccccc3)ccc2CC1. The first-order chi connectivity index (χ1) is 9.24. The second-order valence-electron chi connectivity index (χ2n) is 4.94. The predicted molar refractivity (Wildman–Crippen MR) is 77.7 cm³/mol. The van der Waals surface area contributed by atoms with Gasteiger partial charge in [0.2, 0.25) is 0 Å². The summed E-state index contributed by atoms with van der Waals surface area (Å²) in [5, 5.41) is 10.8. The first-order valence-corrected chi connectivity index (χ1v) is 6.55. The number of hydrogen-bond donors (Lipinski definition) is 1. The third-order valence-electron chi connectivity index (χ3n) is 3.64. The fourth-order valence-electron chi connectivity index (χ4n) is 2.54. The van der Waals surface area contributed by atoms with Gasteiger partial charge in [-0.2, -0.15) is 0 Å². The topological polar surface area (TPSA) is 23.5 Å². The van der Waals surface area contributed by atoms with Crippen molar-refractivity contribution in [3.8, 4) is 11.1 Å². The molecule has 2 aromatic rings. The number of fused-ring (bicyclic) bond motifs is 1. The van der Waals surface area contributed by atoms with E-state index < -0.39 is 0 Å². The monoisotopic (exact) mass is 251 g/mol. The number of aryl methyl sites for hydroxylation is 1. The highest BCUT2D eigenvalue weighted by Gasteiger charge is 2.13. The quantitative estimate of drug-likeness (QED) is 0.817. The molecule has 0 radical (unpaired) electrons. The Morgan fingerprint density at radius 3 is 2.47 bits per heavy atom. The first-order valence-electron chi connectivity index (χ1n) is 6.55. The molecule has 0 amide bonds. The Balaban J connectivity index is 2.03. The van der Waals surface area contributed by atoms with E-state index in [9.17, 15) is 5.21 Å². The van der Waals surface area contributed by atoms with E-state index >= 15 is 0 Å². The van der Waals surface area contributed by atoms with Gasteiger partial charge in [0.05, 0.1) is 0 Å². The molecule has 1 aliphatic rings. The van der Waals surface area contributed by atoms with Crippen LogP contribution in [-0.2, 0) is 6.42 Å². The third kappa shape index (κ3) is 2.40. The number of benzene rings is 2. The van der Waals surface area contributed by atoms with E-state index in [4.69, 9.17) is 0 Å². The molecule has 0 fully saturated rings. The van der Waals surface area contributed by atoms with Gasteiger partial charge in [-0.3, -0.25) is 10.3 Å². The van der Waals surface area contributed by atoms with Crippen molar-refractivity contribution in [2.45, 2.75) is 12.8 Å². The summed E-state index contributed by atoms with van der Waals surface area (Å²) < 4.78 is 0. The standard InChI is InChI=1S/C17H17NO/c1-18(19)17-10-9-14-7-8-15(11-16(14)12-17)13-5-3-2-4-6-13/h2-8,11-12,19H,9-10H2,1H3. The van der Waals surface area contributed by atoms with Crippen molar-refractivity contribution in [2.75, 3.05) is 7.05 Å². The van der Waals surface area contributed by atoms with Crippen molar-refractivity contribution in [3.63, 3.8) is 0 Å². The van der Waals surface area contributed by atoms with Crippen LogP contribution in [-0.4, -0.2) is 17.3 Å². The molecule has 0 aromatic heterocycles. The van der Waals surface area contributed by atoms with Crippen LogP contribution >= 0.6 is 0 Å². The fraction of sp³-hybridized carbons (Fsp3) is 0.176. The Hall–Kier alpha value is -2.06. The van der Waals surface area contributed by atoms with Crippen molar-refractivity contribution in [1.82, 2.24) is 5.06 Å². The number of rotatable bonds is 2. The lowest BCUT2D eigenvalue weighted by atomic mass is 9.92. The van der Waals surface area contributed by atoms with E-state index in [1.165, 1.54) is 27.3 Å². The molecule has 0 saturated carbocycles. The predicted octanol–water partition coefficient (Wildman–Crippen LogP) is 3.96. The molecular formula is C17H17NO. The minimum atomic E-state index is 0.894. The Morgan fingerprint density at radius 2 is 1.74 bits per heavy atom. The molecule has 0 bridgehead atoms. The van der Waals surface area contributed by atoms with Crippen LogP contribution < -0.4 is 0 Å². The van der Waals surface area contributed by atoms with Crippen LogP contribution in [0.1, 0.15) is 17.5 Å². The smallest absolute Gasteiger partial charge is 0.0414 e. The van der Waals surface area contributed by atoms with Gasteiger partial charge in [0.1, 0.15) is 0 Å². The highest BCUT2D eigenvalue weighted by Crippen LogP contribution is 2.29. The van der Waals surface area contributed by atoms with Crippen molar-refractivity contribution in [3.05, 3.63) is 65.4 Å². The molecule has 3 rings (SSSR count). The van der Waals surface area contributed by atoms with Crippen LogP contribution in [0.15, 0.2) is 54.2 Å². The summed E-state index contributed by atoms with van der Waals surface area (Å²) in [6.07, 6.45) is 3.96. The summed E-state index contributed by atoms with van der Waals surface area (Å²) in [4.78, 5) is 0. The van der Waals surface area contributed by atoms with Crippen LogP contribution in [0.3, 0.4) is 0 Å². The molecule has 2 heteroatoms. The van der Waals surface area contributed by atoms with E-state index in [2.05, 4.69) is 48.5 Å². The number of hydroxylamine groups is 2. The second-order valence-corrected chi connectivity index (χ2v) is 4.94. The van der Waals surface area contributed by atoms with Crippen LogP contribution in [0.2, 0.25) is 0 Å². The van der Waals surface area contributed by atoms with Crippen LogP contribution in [0.5, 0.6) is 0 Å². The summed E-state index contributed by atoms with van der Waals surface area (Å²) in [6.45, 7) is 0. The maximum absolute atomic E-state index is 9.55. The number of allylic oxidation sites excluding steroid dienone is 1. The normalized spacial score (nSPS) is 13.7. The van der Waals surface area contributed by atoms with Gasteiger partial charge < -0.3 is 0 Å². The molecule has 0 atom stereocenters. The zero-order valence-corrected chi connectivity index (χ0v) is 11.0. The highest BCUT2D eigenvalue weighted by molar-refractivity contribution is 5.70. The second kappa shape index (κ2) is 4.90. The molecule has 96 valence electrons. The molecular weight excluding hydrogens is 234 g/mol. The van der Waals surface area contributed by atoms with Crippen LogP contribution in [0.4, 0.5) is 0 Å². The first kappa shape index (κ1) is 12.0. The maximum Gasteiger partial charge on any atom is 0.0414 e. The van der Waals surface area contributed by atoms with E-state index in [1.807, 2.05) is 6.07 Å². The molecule has 1 aliphatic carbocycles. The van der Waals surface area contributed by atoms with Gasteiger partial charge in [0.25, 0.3) is 0 Å². The third-order valence-corrected chi connectivity index (χ3v) is 3.64. The summed E-state index contributed by atoms with van der Waals surface area (Å²) in [7, 11) is 1.68. The molecule has 0 unspecified atom stereocenters. The van der Waals surface area contributed by atoms with Crippen LogP contribution in [0, 0.1) is 0 Å². The van der Waals surface area contributed by atoms with Crippen LogP contribution in [0.25, 0.3) is 17.2 Å². The van der Waals surface area contributed by atoms with Gasteiger partial charge in [-0.25, -0.2) is 0 Å². The summed E-state index contributed by atoms with van der Waals surface area (Å²) in [6, 6.07) is 16.9. The van der Waals surface area contributed by atoms with E-state index in [-0.39, 0.29) is 0 Å².